The quantitative estimate of drug-likeness (QED) is 0.780. The van der Waals surface area contributed by atoms with Crippen molar-refractivity contribution < 1.29 is 14.7 Å². The van der Waals surface area contributed by atoms with Gasteiger partial charge in [0.15, 0.2) is 0 Å². The zero-order chi connectivity index (χ0) is 13.9. The van der Waals surface area contributed by atoms with Crippen molar-refractivity contribution in [3.8, 4) is 0 Å². The summed E-state index contributed by atoms with van der Waals surface area (Å²) in [5.74, 6) is -0.918. The minimum Gasteiger partial charge on any atom is -0.481 e. The third-order valence-electron chi connectivity index (χ3n) is 3.65. The van der Waals surface area contributed by atoms with E-state index in [2.05, 4.69) is 27.9 Å². The summed E-state index contributed by atoms with van der Waals surface area (Å²) in [6, 6.07) is 7.35. The minimum absolute atomic E-state index is 0.129. The maximum Gasteiger partial charge on any atom is 0.303 e. The van der Waals surface area contributed by atoms with Gasteiger partial charge in [-0.2, -0.15) is 0 Å². The minimum atomic E-state index is -0.789. The number of rotatable bonds is 5. The fourth-order valence-electron chi connectivity index (χ4n) is 2.41. The van der Waals surface area contributed by atoms with Crippen LogP contribution >= 0.6 is 22.6 Å². The van der Waals surface area contributed by atoms with E-state index in [4.69, 9.17) is 5.11 Å². The molecule has 1 aliphatic carbocycles. The molecule has 1 aromatic carbocycles. The Morgan fingerprint density at radius 2 is 2.11 bits per heavy atom. The summed E-state index contributed by atoms with van der Waals surface area (Å²) in [6.07, 6.45) is 2.95. The normalized spacial score (nSPS) is 16.5. The molecule has 4 nitrogen and oxygen atoms in total. The molecule has 0 aromatic heterocycles. The van der Waals surface area contributed by atoms with Crippen LogP contribution in [0, 0.1) is 8.99 Å². The van der Waals surface area contributed by atoms with E-state index in [0.717, 1.165) is 22.8 Å². The molecule has 1 aromatic rings. The molecule has 0 saturated heterocycles. The number of benzene rings is 1. The van der Waals surface area contributed by atoms with Crippen LogP contribution in [-0.4, -0.2) is 23.5 Å². The van der Waals surface area contributed by atoms with Gasteiger partial charge >= 0.3 is 5.97 Å². The van der Waals surface area contributed by atoms with Crippen molar-refractivity contribution in [2.45, 2.75) is 25.7 Å². The Hall–Kier alpha value is -1.11. The number of carbonyl (C=O) groups is 2. The molecule has 5 heteroatoms. The number of carboxylic acids is 1. The van der Waals surface area contributed by atoms with Gasteiger partial charge in [0.25, 0.3) is 5.91 Å². The van der Waals surface area contributed by atoms with Gasteiger partial charge in [-0.25, -0.2) is 0 Å². The maximum atomic E-state index is 12.0. The first-order valence-electron chi connectivity index (χ1n) is 6.26. The van der Waals surface area contributed by atoms with E-state index in [1.165, 1.54) is 0 Å². The van der Waals surface area contributed by atoms with Crippen molar-refractivity contribution >= 4 is 34.5 Å². The van der Waals surface area contributed by atoms with Gasteiger partial charge in [0.05, 0.1) is 6.42 Å². The molecule has 1 aliphatic rings. The molecule has 0 unspecified atom stereocenters. The number of nitrogens with one attached hydrogen (secondary N) is 1. The van der Waals surface area contributed by atoms with Crippen molar-refractivity contribution in [1.82, 2.24) is 5.32 Å². The number of hydrogen-bond acceptors (Lipinski definition) is 2. The first-order valence-corrected chi connectivity index (χ1v) is 7.34. The van der Waals surface area contributed by atoms with Crippen molar-refractivity contribution in [2.24, 2.45) is 5.41 Å². The predicted molar refractivity (Wildman–Crippen MR) is 80.0 cm³/mol. The molecule has 19 heavy (non-hydrogen) atoms. The molecule has 1 fully saturated rings. The zero-order valence-corrected chi connectivity index (χ0v) is 12.6. The number of aliphatic carboxylic acids is 1. The standard InChI is InChI=1S/C14H16INO3/c15-11-4-1-3-10(7-11)13(19)16-9-14(5-2-6-14)8-12(17)18/h1,3-4,7H,2,5-6,8-9H2,(H,16,19)(H,17,18). The lowest BCUT2D eigenvalue weighted by Gasteiger charge is -2.40. The topological polar surface area (TPSA) is 66.4 Å². The first kappa shape index (κ1) is 14.3. The van der Waals surface area contributed by atoms with Crippen LogP contribution in [0.4, 0.5) is 0 Å². The highest BCUT2D eigenvalue weighted by atomic mass is 127. The Bertz CT molecular complexity index is 497. The van der Waals surface area contributed by atoms with E-state index in [1.807, 2.05) is 18.2 Å². The first-order chi connectivity index (χ1) is 9.01. The number of hydrogen-bond donors (Lipinski definition) is 2. The molecular formula is C14H16INO3. The second-order valence-electron chi connectivity index (χ2n) is 5.12. The molecule has 2 rings (SSSR count). The number of amides is 1. The summed E-state index contributed by atoms with van der Waals surface area (Å²) >= 11 is 2.16. The van der Waals surface area contributed by atoms with Crippen LogP contribution in [0.25, 0.3) is 0 Å². The van der Waals surface area contributed by atoms with Crippen LogP contribution in [0.15, 0.2) is 24.3 Å². The number of carboxylic acid groups (broad SMARTS) is 1. The van der Waals surface area contributed by atoms with E-state index in [1.54, 1.807) is 6.07 Å². The van der Waals surface area contributed by atoms with Crippen LogP contribution in [0.3, 0.4) is 0 Å². The molecule has 0 bridgehead atoms. The van der Waals surface area contributed by atoms with Crippen LogP contribution in [-0.2, 0) is 4.79 Å². The molecule has 102 valence electrons. The summed E-state index contributed by atoms with van der Waals surface area (Å²) < 4.78 is 1.01. The summed E-state index contributed by atoms with van der Waals surface area (Å²) in [6.45, 7) is 0.448. The van der Waals surface area contributed by atoms with E-state index in [-0.39, 0.29) is 17.7 Å². The molecule has 0 radical (unpaired) electrons. The van der Waals surface area contributed by atoms with Gasteiger partial charge in [0.2, 0.25) is 0 Å². The van der Waals surface area contributed by atoms with E-state index in [9.17, 15) is 9.59 Å². The van der Waals surface area contributed by atoms with Gasteiger partial charge in [-0.3, -0.25) is 9.59 Å². The van der Waals surface area contributed by atoms with E-state index >= 15 is 0 Å². The van der Waals surface area contributed by atoms with Gasteiger partial charge in [-0.05, 0) is 59.0 Å². The average Bonchev–Trinajstić information content (AvgIpc) is 2.31. The summed E-state index contributed by atoms with van der Waals surface area (Å²) in [5.41, 5.74) is 0.389. The highest BCUT2D eigenvalue weighted by Crippen LogP contribution is 2.43. The highest BCUT2D eigenvalue weighted by molar-refractivity contribution is 14.1. The average molecular weight is 373 g/mol. The monoisotopic (exact) mass is 373 g/mol. The van der Waals surface area contributed by atoms with Gasteiger partial charge < -0.3 is 10.4 Å². The molecule has 0 aliphatic heterocycles. The van der Waals surface area contributed by atoms with Gasteiger partial charge in [0, 0.05) is 15.7 Å². The van der Waals surface area contributed by atoms with Crippen molar-refractivity contribution in [3.63, 3.8) is 0 Å². The molecular weight excluding hydrogens is 357 g/mol. The van der Waals surface area contributed by atoms with Crippen molar-refractivity contribution in [3.05, 3.63) is 33.4 Å². The molecule has 0 atom stereocenters. The Labute approximate surface area is 125 Å². The van der Waals surface area contributed by atoms with Gasteiger partial charge in [-0.1, -0.05) is 12.5 Å². The lowest BCUT2D eigenvalue weighted by atomic mass is 9.66. The second kappa shape index (κ2) is 5.90. The van der Waals surface area contributed by atoms with Crippen LogP contribution < -0.4 is 5.32 Å². The molecule has 1 amide bonds. The number of halogens is 1. The molecule has 2 N–H and O–H groups in total. The largest absolute Gasteiger partial charge is 0.481 e. The van der Waals surface area contributed by atoms with E-state index < -0.39 is 5.97 Å². The zero-order valence-electron chi connectivity index (χ0n) is 10.5. The maximum absolute atomic E-state index is 12.0. The second-order valence-corrected chi connectivity index (χ2v) is 6.36. The number of carbonyl (C=O) groups excluding carboxylic acids is 1. The lowest BCUT2D eigenvalue weighted by molar-refractivity contribution is -0.141. The summed E-state index contributed by atoms with van der Waals surface area (Å²) in [7, 11) is 0. The Kier molecular flexibility index (Phi) is 4.44. The van der Waals surface area contributed by atoms with Gasteiger partial charge in [-0.15, -0.1) is 0 Å². The van der Waals surface area contributed by atoms with E-state index in [0.29, 0.717) is 12.1 Å². The third kappa shape index (κ3) is 3.68. The molecule has 0 heterocycles. The third-order valence-corrected chi connectivity index (χ3v) is 4.32. The van der Waals surface area contributed by atoms with Crippen LogP contribution in [0.1, 0.15) is 36.0 Å². The van der Waals surface area contributed by atoms with Gasteiger partial charge in [0.1, 0.15) is 0 Å². The highest BCUT2D eigenvalue weighted by Gasteiger charge is 2.39. The summed E-state index contributed by atoms with van der Waals surface area (Å²) in [5, 5.41) is 11.8. The SMILES string of the molecule is O=C(O)CC1(CNC(=O)c2cccc(I)c2)CCC1. The lowest BCUT2D eigenvalue weighted by Crippen LogP contribution is -2.43. The smallest absolute Gasteiger partial charge is 0.303 e. The predicted octanol–water partition coefficient (Wildman–Crippen LogP) is 2.67. The fraction of sp³-hybridized carbons (Fsp3) is 0.429. The van der Waals surface area contributed by atoms with Crippen molar-refractivity contribution in [1.29, 1.82) is 0 Å². The molecule has 1 saturated carbocycles. The van der Waals surface area contributed by atoms with Crippen molar-refractivity contribution in [2.75, 3.05) is 6.54 Å². The summed E-state index contributed by atoms with van der Waals surface area (Å²) in [4.78, 5) is 22.9. The Morgan fingerprint density at radius 1 is 1.37 bits per heavy atom. The molecule has 0 spiro atoms. The Balaban J connectivity index is 1.94. The van der Waals surface area contributed by atoms with Crippen LogP contribution in [0.2, 0.25) is 0 Å². The fourth-order valence-corrected chi connectivity index (χ4v) is 2.96. The van der Waals surface area contributed by atoms with Crippen LogP contribution in [0.5, 0.6) is 0 Å². The Morgan fingerprint density at radius 3 is 2.63 bits per heavy atom.